The summed E-state index contributed by atoms with van der Waals surface area (Å²) in [6.07, 6.45) is 1.40. The molecule has 190 valence electrons. The van der Waals surface area contributed by atoms with Gasteiger partial charge in [-0.2, -0.15) is 8.42 Å². The Morgan fingerprint density at radius 1 is 0.973 bits per heavy atom. The molecular formula is C26H22N2O7S2. The van der Waals surface area contributed by atoms with Crippen LogP contribution in [0.5, 0.6) is 5.75 Å². The lowest BCUT2D eigenvalue weighted by atomic mass is 10.1. The van der Waals surface area contributed by atoms with Crippen LogP contribution in [0.2, 0.25) is 0 Å². The van der Waals surface area contributed by atoms with Crippen molar-refractivity contribution in [2.45, 2.75) is 4.90 Å². The van der Waals surface area contributed by atoms with E-state index in [2.05, 4.69) is 0 Å². The predicted octanol–water partition coefficient (Wildman–Crippen LogP) is 3.50. The quantitative estimate of drug-likeness (QED) is 0.347. The molecular weight excluding hydrogens is 516 g/mol. The molecule has 2 aliphatic heterocycles. The fraction of sp³-hybridized carbons (Fsp3) is 0.192. The van der Waals surface area contributed by atoms with Gasteiger partial charge in [-0.1, -0.05) is 48.5 Å². The summed E-state index contributed by atoms with van der Waals surface area (Å²) in [5.41, 5.74) is 0.303. The number of nitrogens with zero attached hydrogens (tertiary/aromatic N) is 2. The Hall–Kier alpha value is -3.67. The maximum Gasteiger partial charge on any atom is 0.339 e. The van der Waals surface area contributed by atoms with Crippen LogP contribution in [0.4, 0.5) is 4.79 Å². The second-order valence-corrected chi connectivity index (χ2v) is 10.9. The molecule has 2 saturated heterocycles. The van der Waals surface area contributed by atoms with Crippen molar-refractivity contribution in [3.8, 4) is 5.75 Å². The van der Waals surface area contributed by atoms with Crippen LogP contribution in [0.15, 0.2) is 76.5 Å². The third-order valence-electron chi connectivity index (χ3n) is 5.95. The summed E-state index contributed by atoms with van der Waals surface area (Å²) < 4.78 is 36.8. The van der Waals surface area contributed by atoms with E-state index in [1.54, 1.807) is 29.2 Å². The van der Waals surface area contributed by atoms with Crippen LogP contribution < -0.4 is 4.18 Å². The predicted molar refractivity (Wildman–Crippen MR) is 138 cm³/mol. The maximum absolute atomic E-state index is 13.0. The molecule has 0 aromatic heterocycles. The number of benzene rings is 3. The first-order valence-electron chi connectivity index (χ1n) is 11.4. The van der Waals surface area contributed by atoms with Gasteiger partial charge in [0.25, 0.3) is 11.1 Å². The number of para-hydroxylation sites is 1. The number of carbonyl (C=O) groups is 3. The van der Waals surface area contributed by atoms with Crippen molar-refractivity contribution in [1.82, 2.24) is 9.80 Å². The molecule has 0 atom stereocenters. The molecule has 0 spiro atoms. The van der Waals surface area contributed by atoms with E-state index in [-0.39, 0.29) is 28.0 Å². The van der Waals surface area contributed by atoms with Gasteiger partial charge in [-0.05, 0) is 46.8 Å². The SMILES string of the molecule is O=C(CN1C(=O)S/C(=C\c2ccccc2OS(=O)(=O)c2ccc3ccccc3c2)C1=O)N1CCOCC1. The molecule has 5 rings (SSSR count). The molecule has 3 aromatic carbocycles. The first-order valence-corrected chi connectivity index (χ1v) is 13.7. The molecule has 0 saturated carbocycles. The normalized spacial score (nSPS) is 17.6. The number of ether oxygens (including phenoxy) is 1. The summed E-state index contributed by atoms with van der Waals surface area (Å²) in [6.45, 7) is 1.26. The highest BCUT2D eigenvalue weighted by Gasteiger charge is 2.37. The second kappa shape index (κ2) is 10.4. The molecule has 3 amide bonds. The fourth-order valence-corrected chi connectivity index (χ4v) is 5.81. The van der Waals surface area contributed by atoms with E-state index < -0.39 is 21.3 Å². The van der Waals surface area contributed by atoms with Gasteiger partial charge in [0.1, 0.15) is 17.2 Å². The van der Waals surface area contributed by atoms with Crippen LogP contribution in [0.25, 0.3) is 16.8 Å². The highest BCUT2D eigenvalue weighted by molar-refractivity contribution is 8.18. The van der Waals surface area contributed by atoms with Gasteiger partial charge in [-0.25, -0.2) is 0 Å². The van der Waals surface area contributed by atoms with Gasteiger partial charge in [0.05, 0.1) is 18.1 Å². The molecule has 0 radical (unpaired) electrons. The van der Waals surface area contributed by atoms with E-state index >= 15 is 0 Å². The van der Waals surface area contributed by atoms with Crippen LogP contribution in [0, 0.1) is 0 Å². The van der Waals surface area contributed by atoms with Gasteiger partial charge >= 0.3 is 10.1 Å². The lowest BCUT2D eigenvalue weighted by Gasteiger charge is -2.28. The van der Waals surface area contributed by atoms with Crippen molar-refractivity contribution in [1.29, 1.82) is 0 Å². The number of fused-ring (bicyclic) bond motifs is 1. The van der Waals surface area contributed by atoms with E-state index in [1.807, 2.05) is 24.3 Å². The summed E-state index contributed by atoms with van der Waals surface area (Å²) in [5, 5.41) is 1.07. The van der Waals surface area contributed by atoms with Gasteiger partial charge in [0, 0.05) is 18.7 Å². The summed E-state index contributed by atoms with van der Waals surface area (Å²) in [6, 6.07) is 18.4. The van der Waals surface area contributed by atoms with Crippen LogP contribution >= 0.6 is 11.8 Å². The Bertz CT molecular complexity index is 1530. The van der Waals surface area contributed by atoms with Gasteiger partial charge in [0.15, 0.2) is 0 Å². The number of amides is 3. The molecule has 2 aliphatic rings. The highest BCUT2D eigenvalue weighted by Crippen LogP contribution is 2.34. The topological polar surface area (TPSA) is 110 Å². The summed E-state index contributed by atoms with van der Waals surface area (Å²) in [5.74, 6) is -0.951. The van der Waals surface area contributed by atoms with Crippen molar-refractivity contribution in [2.75, 3.05) is 32.8 Å². The number of morpholine rings is 1. The number of rotatable bonds is 6. The Labute approximate surface area is 217 Å². The fourth-order valence-electron chi connectivity index (χ4n) is 3.99. The third-order valence-corrected chi connectivity index (χ3v) is 8.08. The van der Waals surface area contributed by atoms with Gasteiger partial charge in [-0.15, -0.1) is 0 Å². The summed E-state index contributed by atoms with van der Waals surface area (Å²) in [7, 11) is -4.18. The minimum atomic E-state index is -4.18. The minimum Gasteiger partial charge on any atom is -0.378 e. The second-order valence-electron chi connectivity index (χ2n) is 8.35. The number of thioether (sulfide) groups is 1. The van der Waals surface area contributed by atoms with E-state index in [1.165, 1.54) is 24.3 Å². The number of hydrogen-bond donors (Lipinski definition) is 0. The summed E-state index contributed by atoms with van der Waals surface area (Å²) in [4.78, 5) is 40.5. The molecule has 0 N–H and O–H groups in total. The van der Waals surface area contributed by atoms with Gasteiger partial charge in [0.2, 0.25) is 5.91 Å². The third kappa shape index (κ3) is 5.38. The monoisotopic (exact) mass is 538 g/mol. The van der Waals surface area contributed by atoms with Crippen molar-refractivity contribution in [2.24, 2.45) is 0 Å². The van der Waals surface area contributed by atoms with E-state index in [0.717, 1.165) is 15.7 Å². The molecule has 2 heterocycles. The maximum atomic E-state index is 13.0. The van der Waals surface area contributed by atoms with Crippen molar-refractivity contribution >= 4 is 55.8 Å². The molecule has 0 bridgehead atoms. The average Bonchev–Trinajstić information content (AvgIpc) is 3.17. The van der Waals surface area contributed by atoms with E-state index in [4.69, 9.17) is 8.92 Å². The minimum absolute atomic E-state index is 0.00634. The molecule has 11 heteroatoms. The van der Waals surface area contributed by atoms with E-state index in [0.29, 0.717) is 43.6 Å². The van der Waals surface area contributed by atoms with Gasteiger partial charge in [-0.3, -0.25) is 19.3 Å². The smallest absolute Gasteiger partial charge is 0.339 e. The van der Waals surface area contributed by atoms with Crippen molar-refractivity contribution in [3.05, 3.63) is 77.2 Å². The lowest BCUT2D eigenvalue weighted by molar-refractivity contribution is -0.139. The Kier molecular flexibility index (Phi) is 7.00. The largest absolute Gasteiger partial charge is 0.378 e. The number of carbonyl (C=O) groups excluding carboxylic acids is 3. The first kappa shape index (κ1) is 25.0. The molecule has 0 aliphatic carbocycles. The Morgan fingerprint density at radius 2 is 1.68 bits per heavy atom. The Balaban J connectivity index is 1.36. The number of hydrogen-bond acceptors (Lipinski definition) is 8. The van der Waals surface area contributed by atoms with Crippen molar-refractivity contribution < 1.29 is 31.7 Å². The van der Waals surface area contributed by atoms with Crippen LogP contribution in [0.1, 0.15) is 5.56 Å². The molecule has 9 nitrogen and oxygen atoms in total. The zero-order valence-electron chi connectivity index (χ0n) is 19.5. The standard InChI is InChI=1S/C26H22N2O7S2/c29-24(27-11-13-34-14-12-27)17-28-25(30)23(36-26(28)31)16-20-7-3-4-8-22(20)35-37(32,33)21-10-9-18-5-1-2-6-19(18)15-21/h1-10,15-16H,11-14,17H2/b23-16-. The summed E-state index contributed by atoms with van der Waals surface area (Å²) >= 11 is 0.688. The highest BCUT2D eigenvalue weighted by atomic mass is 32.2. The van der Waals surface area contributed by atoms with Crippen LogP contribution in [0.3, 0.4) is 0 Å². The zero-order chi connectivity index (χ0) is 26.0. The molecule has 3 aromatic rings. The average molecular weight is 539 g/mol. The van der Waals surface area contributed by atoms with Gasteiger partial charge < -0.3 is 13.8 Å². The zero-order valence-corrected chi connectivity index (χ0v) is 21.2. The van der Waals surface area contributed by atoms with E-state index in [9.17, 15) is 22.8 Å². The molecule has 0 unspecified atom stereocenters. The Morgan fingerprint density at radius 3 is 2.46 bits per heavy atom. The molecule has 2 fully saturated rings. The number of imide groups is 1. The van der Waals surface area contributed by atoms with Crippen molar-refractivity contribution in [3.63, 3.8) is 0 Å². The lowest BCUT2D eigenvalue weighted by Crippen LogP contribution is -2.46. The molecule has 37 heavy (non-hydrogen) atoms. The van der Waals surface area contributed by atoms with Crippen LogP contribution in [-0.4, -0.2) is 68.1 Å². The van der Waals surface area contributed by atoms with Crippen LogP contribution in [-0.2, 0) is 24.4 Å². The first-order chi connectivity index (χ1) is 17.8.